The second kappa shape index (κ2) is 4.85. The number of carbonyl (C=O) groups excluding carboxylic acids is 1. The van der Waals surface area contributed by atoms with E-state index in [1.54, 1.807) is 19.0 Å². The van der Waals surface area contributed by atoms with E-state index in [1.807, 2.05) is 0 Å². The molecule has 0 N–H and O–H groups in total. The standard InChI is InChI=1S/C11H17NO/c1-12(2)11(13)9-8-10-6-4-3-5-7-10/h3-4,7H,5-6,8-9H2,1-2H3. The molecule has 2 nitrogen and oxygen atoms in total. The normalized spacial score (nSPS) is 15.4. The van der Waals surface area contributed by atoms with Crippen LogP contribution >= 0.6 is 0 Å². The zero-order valence-electron chi connectivity index (χ0n) is 8.42. The van der Waals surface area contributed by atoms with Gasteiger partial charge in [-0.2, -0.15) is 0 Å². The van der Waals surface area contributed by atoms with Crippen LogP contribution in [0.5, 0.6) is 0 Å². The molecule has 0 spiro atoms. The van der Waals surface area contributed by atoms with Crippen LogP contribution in [0, 0.1) is 0 Å². The lowest BCUT2D eigenvalue weighted by atomic mass is 10.0. The van der Waals surface area contributed by atoms with Gasteiger partial charge in [0.1, 0.15) is 0 Å². The van der Waals surface area contributed by atoms with Crippen LogP contribution < -0.4 is 0 Å². The van der Waals surface area contributed by atoms with E-state index in [0.29, 0.717) is 6.42 Å². The first-order chi connectivity index (χ1) is 6.20. The summed E-state index contributed by atoms with van der Waals surface area (Å²) < 4.78 is 0. The number of hydrogen-bond acceptors (Lipinski definition) is 1. The number of nitrogens with zero attached hydrogens (tertiary/aromatic N) is 1. The zero-order chi connectivity index (χ0) is 9.68. The van der Waals surface area contributed by atoms with Crippen molar-refractivity contribution >= 4 is 5.91 Å². The lowest BCUT2D eigenvalue weighted by molar-refractivity contribution is -0.128. The first-order valence-electron chi connectivity index (χ1n) is 4.73. The van der Waals surface area contributed by atoms with Gasteiger partial charge in [0.15, 0.2) is 0 Å². The van der Waals surface area contributed by atoms with Crippen LogP contribution in [0.4, 0.5) is 0 Å². The molecule has 0 unspecified atom stereocenters. The Balaban J connectivity index is 2.26. The van der Waals surface area contributed by atoms with Crippen molar-refractivity contribution in [2.24, 2.45) is 0 Å². The molecule has 1 aliphatic rings. The Morgan fingerprint density at radius 2 is 2.23 bits per heavy atom. The highest BCUT2D eigenvalue weighted by Crippen LogP contribution is 2.16. The third-order valence-corrected chi connectivity index (χ3v) is 2.25. The molecule has 13 heavy (non-hydrogen) atoms. The third-order valence-electron chi connectivity index (χ3n) is 2.25. The molecule has 0 radical (unpaired) electrons. The maximum absolute atomic E-state index is 11.3. The van der Waals surface area contributed by atoms with Gasteiger partial charge >= 0.3 is 0 Å². The van der Waals surface area contributed by atoms with Crippen molar-refractivity contribution < 1.29 is 4.79 Å². The summed E-state index contributed by atoms with van der Waals surface area (Å²) in [6, 6.07) is 0. The van der Waals surface area contributed by atoms with E-state index in [1.165, 1.54) is 5.57 Å². The number of rotatable bonds is 3. The number of allylic oxidation sites excluding steroid dienone is 4. The number of carbonyl (C=O) groups is 1. The van der Waals surface area contributed by atoms with Gasteiger partial charge in [0.2, 0.25) is 5.91 Å². The number of amides is 1. The van der Waals surface area contributed by atoms with Gasteiger partial charge in [0.25, 0.3) is 0 Å². The molecule has 0 aromatic rings. The average Bonchev–Trinajstić information content (AvgIpc) is 2.15. The predicted octanol–water partition coefficient (Wildman–Crippen LogP) is 2.13. The van der Waals surface area contributed by atoms with Crippen molar-refractivity contribution in [2.75, 3.05) is 14.1 Å². The highest BCUT2D eigenvalue weighted by atomic mass is 16.2. The number of hydrogen-bond donors (Lipinski definition) is 0. The molecule has 1 aliphatic carbocycles. The smallest absolute Gasteiger partial charge is 0.222 e. The molecule has 0 saturated heterocycles. The van der Waals surface area contributed by atoms with Crippen LogP contribution in [0.2, 0.25) is 0 Å². The summed E-state index contributed by atoms with van der Waals surface area (Å²) >= 11 is 0. The summed E-state index contributed by atoms with van der Waals surface area (Å²) in [6.07, 6.45) is 10.2. The van der Waals surface area contributed by atoms with Gasteiger partial charge in [-0.05, 0) is 19.3 Å². The second-order valence-corrected chi connectivity index (χ2v) is 3.56. The molecule has 2 heteroatoms. The maximum Gasteiger partial charge on any atom is 0.222 e. The van der Waals surface area contributed by atoms with Gasteiger partial charge in [-0.3, -0.25) is 4.79 Å². The van der Waals surface area contributed by atoms with Crippen LogP contribution in [0.25, 0.3) is 0 Å². The fourth-order valence-electron chi connectivity index (χ4n) is 1.34. The van der Waals surface area contributed by atoms with E-state index < -0.39 is 0 Å². The van der Waals surface area contributed by atoms with Gasteiger partial charge in [0, 0.05) is 20.5 Å². The Morgan fingerprint density at radius 3 is 2.77 bits per heavy atom. The van der Waals surface area contributed by atoms with Crippen molar-refractivity contribution in [3.05, 3.63) is 23.8 Å². The molecular weight excluding hydrogens is 162 g/mol. The van der Waals surface area contributed by atoms with Crippen LogP contribution in [-0.2, 0) is 4.79 Å². The zero-order valence-corrected chi connectivity index (χ0v) is 8.42. The molecule has 1 amide bonds. The minimum atomic E-state index is 0.218. The monoisotopic (exact) mass is 179 g/mol. The Bertz CT molecular complexity index is 238. The second-order valence-electron chi connectivity index (χ2n) is 3.56. The molecule has 0 aliphatic heterocycles. The van der Waals surface area contributed by atoms with Crippen LogP contribution in [0.15, 0.2) is 23.8 Å². The average molecular weight is 179 g/mol. The van der Waals surface area contributed by atoms with E-state index in [2.05, 4.69) is 18.2 Å². The molecule has 0 aromatic carbocycles. The summed E-state index contributed by atoms with van der Waals surface area (Å²) in [5.74, 6) is 0.218. The lowest BCUT2D eigenvalue weighted by Gasteiger charge is -2.12. The van der Waals surface area contributed by atoms with Gasteiger partial charge in [-0.25, -0.2) is 0 Å². The summed E-state index contributed by atoms with van der Waals surface area (Å²) in [5.41, 5.74) is 1.40. The van der Waals surface area contributed by atoms with Crippen LogP contribution in [0.1, 0.15) is 25.7 Å². The molecule has 72 valence electrons. The summed E-state index contributed by atoms with van der Waals surface area (Å²) in [6.45, 7) is 0. The Hall–Kier alpha value is -1.05. The van der Waals surface area contributed by atoms with Gasteiger partial charge in [-0.1, -0.05) is 23.8 Å². The maximum atomic E-state index is 11.3. The van der Waals surface area contributed by atoms with Crippen molar-refractivity contribution in [1.82, 2.24) is 4.90 Å². The minimum absolute atomic E-state index is 0.218. The van der Waals surface area contributed by atoms with Gasteiger partial charge in [-0.15, -0.1) is 0 Å². The quantitative estimate of drug-likeness (QED) is 0.608. The lowest BCUT2D eigenvalue weighted by Crippen LogP contribution is -2.21. The molecule has 1 rings (SSSR count). The molecule has 0 saturated carbocycles. The van der Waals surface area contributed by atoms with Crippen molar-refractivity contribution in [3.63, 3.8) is 0 Å². The Labute approximate surface area is 79.9 Å². The minimum Gasteiger partial charge on any atom is -0.349 e. The van der Waals surface area contributed by atoms with Crippen LogP contribution in [0.3, 0.4) is 0 Å². The topological polar surface area (TPSA) is 20.3 Å². The Kier molecular flexibility index (Phi) is 3.74. The van der Waals surface area contributed by atoms with Gasteiger partial charge in [0.05, 0.1) is 0 Å². The van der Waals surface area contributed by atoms with Gasteiger partial charge < -0.3 is 4.90 Å². The largest absolute Gasteiger partial charge is 0.349 e. The summed E-state index contributed by atoms with van der Waals surface area (Å²) in [4.78, 5) is 12.9. The summed E-state index contributed by atoms with van der Waals surface area (Å²) in [7, 11) is 3.61. The SMILES string of the molecule is CN(C)C(=O)CCC1=CCC=CC1. The van der Waals surface area contributed by atoms with E-state index >= 15 is 0 Å². The van der Waals surface area contributed by atoms with Crippen molar-refractivity contribution in [3.8, 4) is 0 Å². The first kappa shape index (κ1) is 10.0. The van der Waals surface area contributed by atoms with Crippen molar-refractivity contribution in [1.29, 1.82) is 0 Å². The molecule has 0 atom stereocenters. The Morgan fingerprint density at radius 1 is 1.46 bits per heavy atom. The first-order valence-corrected chi connectivity index (χ1v) is 4.73. The molecule has 0 fully saturated rings. The molecule has 0 aromatic heterocycles. The van der Waals surface area contributed by atoms with E-state index in [-0.39, 0.29) is 5.91 Å². The van der Waals surface area contributed by atoms with E-state index in [4.69, 9.17) is 0 Å². The fourth-order valence-corrected chi connectivity index (χ4v) is 1.34. The van der Waals surface area contributed by atoms with E-state index in [0.717, 1.165) is 19.3 Å². The molecular formula is C11H17NO. The molecule has 0 heterocycles. The van der Waals surface area contributed by atoms with Crippen LogP contribution in [-0.4, -0.2) is 24.9 Å². The summed E-state index contributed by atoms with van der Waals surface area (Å²) in [5, 5.41) is 0. The highest BCUT2D eigenvalue weighted by Gasteiger charge is 2.05. The molecule has 0 bridgehead atoms. The predicted molar refractivity (Wildman–Crippen MR) is 54.4 cm³/mol. The van der Waals surface area contributed by atoms with Crippen molar-refractivity contribution in [2.45, 2.75) is 25.7 Å². The fraction of sp³-hybridized carbons (Fsp3) is 0.545. The third kappa shape index (κ3) is 3.45. The highest BCUT2D eigenvalue weighted by molar-refractivity contribution is 5.75. The van der Waals surface area contributed by atoms with E-state index in [9.17, 15) is 4.79 Å².